The standard InChI is InChI=1S/C14H12N2O3/c17-12-6-5-11(13(18)15-12)16-8-7-9-3-1-2-4-10(9)14(16)19/h1-4,7-8,11H,5-6H2,(H,15,17,18). The minimum absolute atomic E-state index is 0.201. The van der Waals surface area contributed by atoms with Gasteiger partial charge in [0.15, 0.2) is 0 Å². The molecule has 5 heteroatoms. The van der Waals surface area contributed by atoms with Crippen molar-refractivity contribution in [3.63, 3.8) is 0 Å². The van der Waals surface area contributed by atoms with Gasteiger partial charge in [0.1, 0.15) is 6.04 Å². The lowest BCUT2D eigenvalue weighted by atomic mass is 10.1. The fourth-order valence-electron chi connectivity index (χ4n) is 2.40. The van der Waals surface area contributed by atoms with Crippen LogP contribution in [0.2, 0.25) is 0 Å². The van der Waals surface area contributed by atoms with Gasteiger partial charge in [-0.05, 0) is 23.9 Å². The molecular weight excluding hydrogens is 244 g/mol. The molecule has 1 aliphatic heterocycles. The number of benzene rings is 1. The Kier molecular flexibility index (Phi) is 2.67. The van der Waals surface area contributed by atoms with E-state index in [1.165, 1.54) is 4.57 Å². The van der Waals surface area contributed by atoms with Crippen LogP contribution in [0.5, 0.6) is 0 Å². The first kappa shape index (κ1) is 11.6. The second kappa shape index (κ2) is 4.35. The highest BCUT2D eigenvalue weighted by atomic mass is 16.2. The third kappa shape index (κ3) is 1.93. The number of carbonyl (C=O) groups is 2. The molecule has 0 bridgehead atoms. The Balaban J connectivity index is 2.11. The molecule has 1 N–H and O–H groups in total. The van der Waals surface area contributed by atoms with Gasteiger partial charge < -0.3 is 4.57 Å². The van der Waals surface area contributed by atoms with Gasteiger partial charge in [-0.15, -0.1) is 0 Å². The number of nitrogens with one attached hydrogen (secondary N) is 1. The van der Waals surface area contributed by atoms with Gasteiger partial charge in [0.25, 0.3) is 5.56 Å². The maximum absolute atomic E-state index is 12.4. The van der Waals surface area contributed by atoms with Crippen LogP contribution >= 0.6 is 0 Å². The highest BCUT2D eigenvalue weighted by Crippen LogP contribution is 2.18. The first-order valence-corrected chi connectivity index (χ1v) is 6.10. The fraction of sp³-hybridized carbons (Fsp3) is 0.214. The number of amides is 2. The molecule has 1 aromatic heterocycles. The van der Waals surface area contributed by atoms with Crippen LogP contribution in [-0.4, -0.2) is 16.4 Å². The van der Waals surface area contributed by atoms with E-state index in [9.17, 15) is 14.4 Å². The van der Waals surface area contributed by atoms with Gasteiger partial charge in [0.05, 0.1) is 0 Å². The molecule has 5 nitrogen and oxygen atoms in total. The molecule has 2 amide bonds. The number of hydrogen-bond donors (Lipinski definition) is 1. The first-order valence-electron chi connectivity index (χ1n) is 6.10. The number of rotatable bonds is 1. The van der Waals surface area contributed by atoms with Gasteiger partial charge >= 0.3 is 0 Å². The van der Waals surface area contributed by atoms with Crippen molar-refractivity contribution in [3.05, 3.63) is 46.9 Å². The Bertz CT molecular complexity index is 733. The van der Waals surface area contributed by atoms with Gasteiger partial charge in [0, 0.05) is 18.0 Å². The monoisotopic (exact) mass is 256 g/mol. The highest BCUT2D eigenvalue weighted by Gasteiger charge is 2.28. The molecule has 96 valence electrons. The third-order valence-corrected chi connectivity index (χ3v) is 3.39. The molecule has 0 aliphatic carbocycles. The Labute approximate surface area is 108 Å². The van der Waals surface area contributed by atoms with Crippen LogP contribution in [0, 0.1) is 0 Å². The van der Waals surface area contributed by atoms with Gasteiger partial charge in [-0.25, -0.2) is 0 Å². The Morgan fingerprint density at radius 3 is 2.68 bits per heavy atom. The van der Waals surface area contributed by atoms with E-state index in [1.54, 1.807) is 24.4 Å². The molecule has 1 aromatic carbocycles. The molecule has 1 atom stereocenters. The van der Waals surface area contributed by atoms with E-state index in [-0.39, 0.29) is 17.9 Å². The van der Waals surface area contributed by atoms with Crippen LogP contribution < -0.4 is 10.9 Å². The van der Waals surface area contributed by atoms with Crippen molar-refractivity contribution in [2.75, 3.05) is 0 Å². The lowest BCUT2D eigenvalue weighted by molar-refractivity contribution is -0.135. The zero-order chi connectivity index (χ0) is 13.4. The van der Waals surface area contributed by atoms with Crippen molar-refractivity contribution in [3.8, 4) is 0 Å². The smallest absolute Gasteiger partial charge is 0.259 e. The van der Waals surface area contributed by atoms with Crippen molar-refractivity contribution in [2.45, 2.75) is 18.9 Å². The summed E-state index contributed by atoms with van der Waals surface area (Å²) in [6.45, 7) is 0. The van der Waals surface area contributed by atoms with Gasteiger partial charge in [-0.2, -0.15) is 0 Å². The predicted molar refractivity (Wildman–Crippen MR) is 69.6 cm³/mol. The van der Waals surface area contributed by atoms with Crippen LogP contribution in [0.4, 0.5) is 0 Å². The molecular formula is C14H12N2O3. The van der Waals surface area contributed by atoms with E-state index < -0.39 is 11.9 Å². The Morgan fingerprint density at radius 1 is 1.11 bits per heavy atom. The summed E-state index contributed by atoms with van der Waals surface area (Å²) in [6, 6.07) is 8.44. The molecule has 1 unspecified atom stereocenters. The molecule has 0 spiro atoms. The number of imide groups is 1. The molecule has 3 rings (SSSR count). The summed E-state index contributed by atoms with van der Waals surface area (Å²) in [4.78, 5) is 35.3. The van der Waals surface area contributed by atoms with E-state index in [0.29, 0.717) is 11.8 Å². The highest BCUT2D eigenvalue weighted by molar-refractivity contribution is 5.99. The van der Waals surface area contributed by atoms with E-state index in [2.05, 4.69) is 5.32 Å². The zero-order valence-corrected chi connectivity index (χ0v) is 10.1. The molecule has 0 radical (unpaired) electrons. The van der Waals surface area contributed by atoms with Crippen molar-refractivity contribution in [2.24, 2.45) is 0 Å². The number of nitrogens with zero attached hydrogens (tertiary/aromatic N) is 1. The van der Waals surface area contributed by atoms with E-state index >= 15 is 0 Å². The van der Waals surface area contributed by atoms with Crippen LogP contribution in [0.3, 0.4) is 0 Å². The molecule has 1 fully saturated rings. The van der Waals surface area contributed by atoms with E-state index in [4.69, 9.17) is 0 Å². The molecule has 0 saturated carbocycles. The summed E-state index contributed by atoms with van der Waals surface area (Å²) in [5, 5.41) is 3.69. The first-order chi connectivity index (χ1) is 9.16. The van der Waals surface area contributed by atoms with Crippen molar-refractivity contribution in [1.82, 2.24) is 9.88 Å². The second-order valence-corrected chi connectivity index (χ2v) is 4.58. The predicted octanol–water partition coefficient (Wildman–Crippen LogP) is 0.979. The van der Waals surface area contributed by atoms with Gasteiger partial charge in [-0.1, -0.05) is 18.2 Å². The maximum Gasteiger partial charge on any atom is 0.259 e. The lowest BCUT2D eigenvalue weighted by Gasteiger charge is -2.23. The summed E-state index contributed by atoms with van der Waals surface area (Å²) >= 11 is 0. The van der Waals surface area contributed by atoms with Gasteiger partial charge in [-0.3, -0.25) is 19.7 Å². The Hall–Kier alpha value is -2.43. The molecule has 2 aromatic rings. The minimum Gasteiger partial charge on any atom is -0.302 e. The average molecular weight is 256 g/mol. The largest absolute Gasteiger partial charge is 0.302 e. The SMILES string of the molecule is O=C1CCC(n2ccc3ccccc3c2=O)C(=O)N1. The topological polar surface area (TPSA) is 68.2 Å². The van der Waals surface area contributed by atoms with Gasteiger partial charge in [0.2, 0.25) is 11.8 Å². The number of aromatic nitrogens is 1. The molecule has 1 saturated heterocycles. The number of fused-ring (bicyclic) bond motifs is 1. The number of piperidine rings is 1. The van der Waals surface area contributed by atoms with Crippen LogP contribution in [0.25, 0.3) is 10.8 Å². The van der Waals surface area contributed by atoms with Crippen LogP contribution in [-0.2, 0) is 9.59 Å². The number of carbonyl (C=O) groups excluding carboxylic acids is 2. The molecule has 1 aliphatic rings. The summed E-state index contributed by atoms with van der Waals surface area (Å²) in [5.41, 5.74) is -0.201. The Morgan fingerprint density at radius 2 is 1.89 bits per heavy atom. The van der Waals surface area contributed by atoms with E-state index in [0.717, 1.165) is 5.39 Å². The maximum atomic E-state index is 12.4. The third-order valence-electron chi connectivity index (χ3n) is 3.39. The van der Waals surface area contributed by atoms with Crippen molar-refractivity contribution >= 4 is 22.6 Å². The van der Waals surface area contributed by atoms with Crippen molar-refractivity contribution in [1.29, 1.82) is 0 Å². The summed E-state index contributed by atoms with van der Waals surface area (Å²) < 4.78 is 1.41. The fourth-order valence-corrected chi connectivity index (χ4v) is 2.40. The summed E-state index contributed by atoms with van der Waals surface area (Å²) in [5.74, 6) is -0.691. The molecule has 19 heavy (non-hydrogen) atoms. The summed E-state index contributed by atoms with van der Waals surface area (Å²) in [7, 11) is 0. The quantitative estimate of drug-likeness (QED) is 0.773. The number of pyridine rings is 1. The molecule has 2 heterocycles. The minimum atomic E-state index is -0.602. The normalized spacial score (nSPS) is 19.5. The number of hydrogen-bond acceptors (Lipinski definition) is 3. The van der Waals surface area contributed by atoms with Crippen LogP contribution in [0.1, 0.15) is 18.9 Å². The average Bonchev–Trinajstić information content (AvgIpc) is 2.41. The second-order valence-electron chi connectivity index (χ2n) is 4.58. The summed E-state index contributed by atoms with van der Waals surface area (Å²) in [6.07, 6.45) is 2.24. The van der Waals surface area contributed by atoms with Crippen molar-refractivity contribution < 1.29 is 9.59 Å². The van der Waals surface area contributed by atoms with E-state index in [1.807, 2.05) is 12.1 Å². The zero-order valence-electron chi connectivity index (χ0n) is 10.1. The lowest BCUT2D eigenvalue weighted by Crippen LogP contribution is -2.44. The van der Waals surface area contributed by atoms with Crippen LogP contribution in [0.15, 0.2) is 41.3 Å².